The summed E-state index contributed by atoms with van der Waals surface area (Å²) < 4.78 is 0. The van der Waals surface area contributed by atoms with Gasteiger partial charge in [0.15, 0.2) is 0 Å². The van der Waals surface area contributed by atoms with Gasteiger partial charge in [-0.3, -0.25) is 4.79 Å². The molecule has 1 fully saturated rings. The summed E-state index contributed by atoms with van der Waals surface area (Å²) in [6.07, 6.45) is 3.36. The molecule has 0 saturated heterocycles. The highest BCUT2D eigenvalue weighted by molar-refractivity contribution is 7.13. The van der Waals surface area contributed by atoms with Gasteiger partial charge in [0.2, 0.25) is 5.91 Å². The number of nitrogens with zero attached hydrogens (tertiary/aromatic N) is 1. The molecule has 1 aliphatic carbocycles. The van der Waals surface area contributed by atoms with E-state index in [1.807, 2.05) is 0 Å². The molecule has 1 saturated carbocycles. The molecule has 1 amide bonds. The summed E-state index contributed by atoms with van der Waals surface area (Å²) in [6.45, 7) is 1.88. The number of carbonyl (C=O) groups excluding carboxylic acids is 1. The van der Waals surface area contributed by atoms with Crippen LogP contribution in [0.3, 0.4) is 0 Å². The van der Waals surface area contributed by atoms with Crippen molar-refractivity contribution in [3.8, 4) is 0 Å². The van der Waals surface area contributed by atoms with Gasteiger partial charge in [-0.1, -0.05) is 12.8 Å². The molecule has 0 unspecified atom stereocenters. The van der Waals surface area contributed by atoms with Crippen molar-refractivity contribution in [3.05, 3.63) is 15.6 Å². The molecule has 1 aromatic rings. The number of thiazole rings is 1. The van der Waals surface area contributed by atoms with E-state index < -0.39 is 11.5 Å². The van der Waals surface area contributed by atoms with Crippen LogP contribution in [-0.2, 0) is 11.3 Å². The summed E-state index contributed by atoms with van der Waals surface area (Å²) in [5.41, 5.74) is 5.74. The Balaban J connectivity index is 1.97. The lowest BCUT2D eigenvalue weighted by Gasteiger charge is -2.21. The smallest absolute Gasteiger partial charge is 0.347 e. The maximum absolute atomic E-state index is 12.0. The van der Waals surface area contributed by atoms with E-state index in [1.54, 1.807) is 6.92 Å². The molecule has 1 aromatic heterocycles. The minimum atomic E-state index is -0.987. The van der Waals surface area contributed by atoms with Crippen molar-refractivity contribution < 1.29 is 14.7 Å². The van der Waals surface area contributed by atoms with E-state index in [0.29, 0.717) is 23.5 Å². The van der Waals surface area contributed by atoms with E-state index in [0.717, 1.165) is 24.2 Å². The predicted molar refractivity (Wildman–Crippen MR) is 71.0 cm³/mol. The zero-order valence-corrected chi connectivity index (χ0v) is 11.5. The molecule has 7 heteroatoms. The molecule has 0 aliphatic heterocycles. The minimum Gasteiger partial charge on any atom is -0.477 e. The first-order valence-corrected chi connectivity index (χ1v) is 7.01. The Labute approximate surface area is 115 Å². The van der Waals surface area contributed by atoms with Gasteiger partial charge in [-0.25, -0.2) is 9.78 Å². The topological polar surface area (TPSA) is 105 Å². The summed E-state index contributed by atoms with van der Waals surface area (Å²) in [7, 11) is 0. The van der Waals surface area contributed by atoms with Gasteiger partial charge in [0, 0.05) is 0 Å². The number of aromatic carboxylic acids is 1. The van der Waals surface area contributed by atoms with Crippen molar-refractivity contribution in [3.63, 3.8) is 0 Å². The zero-order chi connectivity index (χ0) is 14.0. The Morgan fingerprint density at radius 2 is 2.11 bits per heavy atom. The second-order valence-corrected chi connectivity index (χ2v) is 5.96. The molecule has 4 N–H and O–H groups in total. The molecule has 0 atom stereocenters. The standard InChI is InChI=1S/C12H17N3O3S/c1-7-9(10(16)17)19-8(15-7)6-14-11(18)12(13)4-2-3-5-12/h2-6,13H2,1H3,(H,14,18)(H,16,17). The van der Waals surface area contributed by atoms with Crippen molar-refractivity contribution in [1.82, 2.24) is 10.3 Å². The van der Waals surface area contributed by atoms with Gasteiger partial charge >= 0.3 is 5.97 Å². The Bertz CT molecular complexity index is 506. The van der Waals surface area contributed by atoms with Crippen LogP contribution in [0.2, 0.25) is 0 Å². The van der Waals surface area contributed by atoms with Crippen LogP contribution in [0.25, 0.3) is 0 Å². The van der Waals surface area contributed by atoms with Gasteiger partial charge in [-0.2, -0.15) is 0 Å². The van der Waals surface area contributed by atoms with Crippen LogP contribution in [0.4, 0.5) is 0 Å². The number of hydrogen-bond donors (Lipinski definition) is 3. The van der Waals surface area contributed by atoms with Crippen LogP contribution < -0.4 is 11.1 Å². The first-order valence-electron chi connectivity index (χ1n) is 6.19. The van der Waals surface area contributed by atoms with E-state index in [1.165, 1.54) is 0 Å². The molecule has 2 rings (SSSR count). The number of hydrogen-bond acceptors (Lipinski definition) is 5. The SMILES string of the molecule is Cc1nc(CNC(=O)C2(N)CCCC2)sc1C(=O)O. The third kappa shape index (κ3) is 2.93. The van der Waals surface area contributed by atoms with Crippen LogP contribution in [0.15, 0.2) is 0 Å². The van der Waals surface area contributed by atoms with Gasteiger partial charge in [0.05, 0.1) is 17.8 Å². The number of nitrogens with two attached hydrogens (primary N) is 1. The van der Waals surface area contributed by atoms with E-state index in [9.17, 15) is 9.59 Å². The third-order valence-electron chi connectivity index (χ3n) is 3.38. The molecule has 0 aromatic carbocycles. The lowest BCUT2D eigenvalue weighted by molar-refractivity contribution is -0.126. The van der Waals surface area contributed by atoms with Crippen molar-refractivity contribution in [2.24, 2.45) is 5.73 Å². The number of nitrogens with one attached hydrogen (secondary N) is 1. The van der Waals surface area contributed by atoms with Crippen LogP contribution in [0, 0.1) is 6.92 Å². The Hall–Kier alpha value is -1.47. The average Bonchev–Trinajstić information content (AvgIpc) is 2.93. The largest absolute Gasteiger partial charge is 0.477 e. The number of carboxylic acids is 1. The van der Waals surface area contributed by atoms with Crippen LogP contribution >= 0.6 is 11.3 Å². The summed E-state index contributed by atoms with van der Waals surface area (Å²) >= 11 is 1.08. The molecule has 1 aliphatic rings. The fourth-order valence-corrected chi connectivity index (χ4v) is 3.13. The third-order valence-corrected chi connectivity index (χ3v) is 4.53. The van der Waals surface area contributed by atoms with Crippen molar-refractivity contribution in [1.29, 1.82) is 0 Å². The summed E-state index contributed by atoms with van der Waals surface area (Å²) in [5.74, 6) is -1.16. The van der Waals surface area contributed by atoms with Gasteiger partial charge in [-0.15, -0.1) is 11.3 Å². The molecule has 0 bridgehead atoms. The van der Waals surface area contributed by atoms with E-state index in [4.69, 9.17) is 10.8 Å². The molecular formula is C12H17N3O3S. The highest BCUT2D eigenvalue weighted by Crippen LogP contribution is 2.27. The first kappa shape index (κ1) is 14.0. The van der Waals surface area contributed by atoms with Crippen LogP contribution in [-0.4, -0.2) is 27.5 Å². The van der Waals surface area contributed by atoms with Gasteiger partial charge in [0.1, 0.15) is 9.88 Å². The second-order valence-electron chi connectivity index (χ2n) is 4.87. The fraction of sp³-hybridized carbons (Fsp3) is 0.583. The van der Waals surface area contributed by atoms with Gasteiger partial charge < -0.3 is 16.2 Å². The lowest BCUT2D eigenvalue weighted by atomic mass is 9.98. The van der Waals surface area contributed by atoms with E-state index in [-0.39, 0.29) is 17.3 Å². The number of carboxylic acid groups (broad SMARTS) is 1. The normalized spacial score (nSPS) is 17.4. The summed E-state index contributed by atoms with van der Waals surface area (Å²) in [4.78, 5) is 27.2. The van der Waals surface area contributed by atoms with Crippen LogP contribution in [0.5, 0.6) is 0 Å². The lowest BCUT2D eigenvalue weighted by Crippen LogP contribution is -2.51. The van der Waals surface area contributed by atoms with E-state index >= 15 is 0 Å². The predicted octanol–water partition coefficient (Wildman–Crippen LogP) is 1.04. The number of aryl methyl sites for hydroxylation is 1. The fourth-order valence-electron chi connectivity index (χ4n) is 2.29. The molecule has 1 heterocycles. The Morgan fingerprint density at radius 1 is 1.47 bits per heavy atom. The number of rotatable bonds is 4. The minimum absolute atomic E-state index is 0.172. The van der Waals surface area contributed by atoms with Gasteiger partial charge in [-0.05, 0) is 19.8 Å². The molecule has 0 radical (unpaired) electrons. The Morgan fingerprint density at radius 3 is 2.63 bits per heavy atom. The van der Waals surface area contributed by atoms with E-state index in [2.05, 4.69) is 10.3 Å². The second kappa shape index (κ2) is 5.26. The molecule has 19 heavy (non-hydrogen) atoms. The summed E-state index contributed by atoms with van der Waals surface area (Å²) in [6, 6.07) is 0. The van der Waals surface area contributed by atoms with Gasteiger partial charge in [0.25, 0.3) is 0 Å². The van der Waals surface area contributed by atoms with Crippen molar-refractivity contribution in [2.75, 3.05) is 0 Å². The molecule has 0 spiro atoms. The molecule has 104 valence electrons. The highest BCUT2D eigenvalue weighted by Gasteiger charge is 2.36. The first-order chi connectivity index (χ1) is 8.92. The number of aromatic nitrogens is 1. The monoisotopic (exact) mass is 283 g/mol. The maximum Gasteiger partial charge on any atom is 0.347 e. The zero-order valence-electron chi connectivity index (χ0n) is 10.7. The van der Waals surface area contributed by atoms with Crippen LogP contribution in [0.1, 0.15) is 46.1 Å². The Kier molecular flexibility index (Phi) is 3.86. The highest BCUT2D eigenvalue weighted by atomic mass is 32.1. The molecular weight excluding hydrogens is 266 g/mol. The van der Waals surface area contributed by atoms with Crippen molar-refractivity contribution in [2.45, 2.75) is 44.7 Å². The number of carbonyl (C=O) groups is 2. The average molecular weight is 283 g/mol. The molecule has 6 nitrogen and oxygen atoms in total. The summed E-state index contributed by atoms with van der Waals surface area (Å²) in [5, 5.41) is 12.3. The number of amides is 1. The maximum atomic E-state index is 12.0. The quantitative estimate of drug-likeness (QED) is 0.765. The van der Waals surface area contributed by atoms with Crippen molar-refractivity contribution >= 4 is 23.2 Å².